The van der Waals surface area contributed by atoms with Crippen LogP contribution in [-0.4, -0.2) is 124 Å². The number of hydrogen-bond donors (Lipinski definition) is 4. The molecule has 0 fully saturated rings. The number of rotatable bonds is 21. The summed E-state index contributed by atoms with van der Waals surface area (Å²) >= 11 is 6.19. The quantitative estimate of drug-likeness (QED) is 0.0589. The molecule has 333 valence electrons. The first-order valence-corrected chi connectivity index (χ1v) is 20.6. The van der Waals surface area contributed by atoms with E-state index >= 15 is 0 Å². The van der Waals surface area contributed by atoms with Crippen LogP contribution in [0, 0.1) is 0 Å². The zero-order valence-electron chi connectivity index (χ0n) is 35.7. The molecule has 2 aliphatic rings. The van der Waals surface area contributed by atoms with E-state index in [4.69, 9.17) is 35.5 Å². The van der Waals surface area contributed by atoms with Gasteiger partial charge in [0.05, 0.1) is 69.9 Å². The smallest absolute Gasteiger partial charge is 0.495 e. The number of ether oxygens (including phenoxy) is 4. The van der Waals surface area contributed by atoms with Crippen LogP contribution in [0.1, 0.15) is 52.4 Å². The van der Waals surface area contributed by atoms with Gasteiger partial charge in [-0.1, -0.05) is 11.6 Å². The number of H-pyrrole nitrogens is 1. The Morgan fingerprint density at radius 2 is 1.63 bits per heavy atom. The van der Waals surface area contributed by atoms with Gasteiger partial charge in [0, 0.05) is 80.2 Å². The van der Waals surface area contributed by atoms with Crippen molar-refractivity contribution in [2.75, 3.05) is 89.1 Å². The number of carbonyl (C=O) groups is 3. The second-order valence-corrected chi connectivity index (χ2v) is 15.0. The topological polar surface area (TPSA) is 175 Å². The highest BCUT2D eigenvalue weighted by Crippen LogP contribution is 2.39. The third-order valence-electron chi connectivity index (χ3n) is 10.2. The molecule has 63 heavy (non-hydrogen) atoms. The van der Waals surface area contributed by atoms with Crippen molar-refractivity contribution in [1.82, 2.24) is 25.6 Å². The molecule has 20 heteroatoms. The van der Waals surface area contributed by atoms with Crippen LogP contribution >= 0.6 is 11.6 Å². The Labute approximate surface area is 369 Å². The van der Waals surface area contributed by atoms with Crippen LogP contribution in [0.2, 0.25) is 5.02 Å². The van der Waals surface area contributed by atoms with Crippen LogP contribution in [-0.2, 0) is 25.4 Å². The van der Waals surface area contributed by atoms with E-state index in [9.17, 15) is 23.0 Å². The molecule has 0 spiro atoms. The Morgan fingerprint density at radius 1 is 0.921 bits per heavy atom. The van der Waals surface area contributed by atoms with Gasteiger partial charge in [0.1, 0.15) is 17.1 Å². The standard InChI is InChI=1S/C43H49BClF2N9O7/c1-27-22-28(2)56(44(46)47)36(27)25-32-9-8-31(51-32)10-13-39(57)48-14-16-61-18-20-63-21-19-62-17-15-49-41(58)29-6-11-34(38(23-29)60-5)52-43-50-26-37-40(53-43)54(3)35-12-7-30(45)24-33(35)42(59)55(37)4/h6-9,11-12,22-26,51H,10,13-21H2,1-5H3,(H2-,48,49,50,52,53,57,58)/q-1/p+1. The molecule has 2 aliphatic heterocycles. The van der Waals surface area contributed by atoms with Gasteiger partial charge in [-0.15, -0.1) is 0 Å². The van der Waals surface area contributed by atoms with Crippen molar-refractivity contribution in [3.63, 3.8) is 0 Å². The number of methoxy groups -OCH3 is 1. The number of anilines is 5. The van der Waals surface area contributed by atoms with Crippen molar-refractivity contribution in [3.8, 4) is 5.75 Å². The monoisotopic (exact) mass is 888 g/mol. The molecule has 0 unspecified atom stereocenters. The van der Waals surface area contributed by atoms with Crippen molar-refractivity contribution in [3.05, 3.63) is 99.6 Å². The van der Waals surface area contributed by atoms with Crippen LogP contribution in [0.5, 0.6) is 5.75 Å². The number of aromatic amines is 1. The average molecular weight is 889 g/mol. The van der Waals surface area contributed by atoms with Gasteiger partial charge in [-0.05, 0) is 61.9 Å². The molecule has 3 amide bonds. The van der Waals surface area contributed by atoms with Crippen LogP contribution in [0.3, 0.4) is 0 Å². The lowest BCUT2D eigenvalue weighted by atomic mass is 10.1. The lowest BCUT2D eigenvalue weighted by Gasteiger charge is -2.21. The number of aromatic nitrogens is 3. The highest BCUT2D eigenvalue weighted by molar-refractivity contribution is 6.35. The van der Waals surface area contributed by atoms with Gasteiger partial charge in [0.2, 0.25) is 11.9 Å². The van der Waals surface area contributed by atoms with Crippen LogP contribution in [0.4, 0.5) is 37.5 Å². The lowest BCUT2D eigenvalue weighted by molar-refractivity contribution is -0.342. The van der Waals surface area contributed by atoms with E-state index < -0.39 is 7.40 Å². The zero-order valence-corrected chi connectivity index (χ0v) is 36.5. The third kappa shape index (κ3) is 11.9. The van der Waals surface area contributed by atoms with Gasteiger partial charge in [0.15, 0.2) is 11.5 Å². The average Bonchev–Trinajstić information content (AvgIpc) is 3.83. The molecular weight excluding hydrogens is 839 g/mol. The number of nitrogens with zero attached hydrogens (tertiary/aromatic N) is 5. The van der Waals surface area contributed by atoms with Crippen molar-refractivity contribution >= 4 is 77.3 Å². The minimum atomic E-state index is -2.63. The fourth-order valence-electron chi connectivity index (χ4n) is 6.94. The number of allylic oxidation sites excluding steroid dienone is 2. The van der Waals surface area contributed by atoms with Gasteiger partial charge in [-0.25, -0.2) is 4.98 Å². The second-order valence-electron chi connectivity index (χ2n) is 14.6. The molecule has 0 atom stereocenters. The molecule has 0 bridgehead atoms. The minimum Gasteiger partial charge on any atom is -0.495 e. The molecule has 2 aromatic heterocycles. The van der Waals surface area contributed by atoms with E-state index in [1.165, 1.54) is 12.0 Å². The van der Waals surface area contributed by atoms with Gasteiger partial charge < -0.3 is 62.8 Å². The first-order chi connectivity index (χ1) is 30.3. The summed E-state index contributed by atoms with van der Waals surface area (Å²) in [7, 11) is 2.33. The van der Waals surface area contributed by atoms with Crippen LogP contribution in [0.25, 0.3) is 6.08 Å². The molecule has 4 heterocycles. The van der Waals surface area contributed by atoms with Gasteiger partial charge >= 0.3 is 7.40 Å². The van der Waals surface area contributed by atoms with Crippen LogP contribution in [0.15, 0.2) is 72.1 Å². The molecule has 0 saturated heterocycles. The van der Waals surface area contributed by atoms with E-state index in [1.807, 2.05) is 19.2 Å². The number of amides is 3. The minimum absolute atomic E-state index is 0.123. The molecule has 0 saturated carbocycles. The number of halogens is 3. The normalized spacial score (nSPS) is 14.2. The number of aryl methyl sites for hydroxylation is 1. The largest absolute Gasteiger partial charge is 0.609 e. The summed E-state index contributed by atoms with van der Waals surface area (Å²) in [6.07, 6.45) is 5.72. The summed E-state index contributed by atoms with van der Waals surface area (Å²) in [5, 5.41) is 9.26. The molecule has 4 aromatic rings. The predicted octanol–water partition coefficient (Wildman–Crippen LogP) is 5.79. The zero-order chi connectivity index (χ0) is 45.0. The first kappa shape index (κ1) is 46.4. The summed E-state index contributed by atoms with van der Waals surface area (Å²) in [4.78, 5) is 54.0. The predicted molar refractivity (Wildman–Crippen MR) is 238 cm³/mol. The summed E-state index contributed by atoms with van der Waals surface area (Å²) in [5.41, 5.74) is 5.74. The van der Waals surface area contributed by atoms with Gasteiger partial charge in [-0.2, -0.15) is 4.98 Å². The first-order valence-electron chi connectivity index (χ1n) is 20.2. The van der Waals surface area contributed by atoms with E-state index in [-0.39, 0.29) is 43.2 Å². The lowest BCUT2D eigenvalue weighted by Crippen LogP contribution is -2.28. The fraction of sp³-hybridized carbons (Fsp3) is 0.349. The Balaban J connectivity index is 0.817. The van der Waals surface area contributed by atoms with Crippen molar-refractivity contribution in [2.45, 2.75) is 26.7 Å². The Morgan fingerprint density at radius 3 is 2.35 bits per heavy atom. The van der Waals surface area contributed by atoms with E-state index in [2.05, 4.69) is 25.9 Å². The summed E-state index contributed by atoms with van der Waals surface area (Å²) < 4.78 is 50.2. The summed E-state index contributed by atoms with van der Waals surface area (Å²) in [6, 6.07) is 13.7. The maximum Gasteiger partial charge on any atom is 0.609 e. The Kier molecular flexibility index (Phi) is 16.0. The maximum absolute atomic E-state index is 13.5. The number of nitrogens with one attached hydrogen (secondary N) is 4. The molecule has 4 N–H and O–H groups in total. The molecule has 0 aliphatic carbocycles. The number of carbonyl (C=O) groups excluding carboxylic acids is 3. The molecular formula is C43H50BClF2N9O7. The summed E-state index contributed by atoms with van der Waals surface area (Å²) in [6.45, 7) is 6.07. The molecule has 16 nitrogen and oxygen atoms in total. The van der Waals surface area contributed by atoms with Crippen LogP contribution < -0.4 is 30.5 Å². The van der Waals surface area contributed by atoms with Crippen molar-refractivity contribution < 1.29 is 46.4 Å². The molecule has 1 radical (unpaired) electrons. The SMILES string of the molecule is COc1cc(C(=O)NCCOCCOCCOCCNC(=O)CCc2ccc(C=C3C(C)=CC(C)=[N+]3[B-](F)F)[nH]2)ccc1Nc1ncc2c(n1)N(C)c1ccc(Cl)cc1C(=O)N2C. The van der Waals surface area contributed by atoms with Crippen molar-refractivity contribution in [1.29, 1.82) is 0 Å². The van der Waals surface area contributed by atoms with E-state index in [1.54, 1.807) is 80.5 Å². The van der Waals surface area contributed by atoms with E-state index in [0.29, 0.717) is 108 Å². The number of hydrogen-bond acceptors (Lipinski definition) is 11. The summed E-state index contributed by atoms with van der Waals surface area (Å²) in [5.74, 6) is 0.491. The van der Waals surface area contributed by atoms with Gasteiger partial charge in [-0.3, -0.25) is 14.4 Å². The Bertz CT molecular complexity index is 2410. The van der Waals surface area contributed by atoms with Crippen molar-refractivity contribution in [2.24, 2.45) is 0 Å². The highest BCUT2D eigenvalue weighted by Gasteiger charge is 2.30. The number of fused-ring (bicyclic) bond motifs is 2. The number of benzene rings is 2. The maximum atomic E-state index is 13.5. The third-order valence-corrected chi connectivity index (χ3v) is 10.4. The Hall–Kier alpha value is -6.15. The second kappa shape index (κ2) is 21.8. The fourth-order valence-corrected chi connectivity index (χ4v) is 7.11. The van der Waals surface area contributed by atoms with E-state index in [0.717, 1.165) is 15.8 Å². The molecule has 6 rings (SSSR count). The van der Waals surface area contributed by atoms with Gasteiger partial charge in [0.25, 0.3) is 11.8 Å². The highest BCUT2D eigenvalue weighted by atomic mass is 35.5. The molecule has 2 aromatic carbocycles.